The van der Waals surface area contributed by atoms with Crippen LogP contribution < -0.4 is 10.3 Å². The van der Waals surface area contributed by atoms with Gasteiger partial charge in [0.05, 0.1) is 24.8 Å². The van der Waals surface area contributed by atoms with Gasteiger partial charge in [-0.25, -0.2) is 4.99 Å². The predicted octanol–water partition coefficient (Wildman–Crippen LogP) is 3.47. The van der Waals surface area contributed by atoms with Crippen LogP contribution >= 0.6 is 11.8 Å². The molecule has 11 heteroatoms. The van der Waals surface area contributed by atoms with Gasteiger partial charge < -0.3 is 9.47 Å². The van der Waals surface area contributed by atoms with Gasteiger partial charge in [0.15, 0.2) is 11.9 Å². The van der Waals surface area contributed by atoms with Crippen molar-refractivity contribution < 1.29 is 19.1 Å². The number of amidine groups is 1. The monoisotopic (exact) mass is 541 g/mol. The first-order valence-electron chi connectivity index (χ1n) is 11.9. The fourth-order valence-electron chi connectivity index (χ4n) is 3.81. The summed E-state index contributed by atoms with van der Waals surface area (Å²) < 4.78 is 11.4. The number of nitrogens with zero attached hydrogens (tertiary/aromatic N) is 5. The molecule has 39 heavy (non-hydrogen) atoms. The number of benzene rings is 3. The summed E-state index contributed by atoms with van der Waals surface area (Å²) in [5.41, 5.74) is 2.01. The molecule has 5 rings (SSSR count). The van der Waals surface area contributed by atoms with Gasteiger partial charge in [0.2, 0.25) is 0 Å². The standard InChI is InChI=1S/C28H23N5O5S/c1-37-21-13-11-19(12-14-21)15-24-27(36)32(16-20-7-3-2-4-8-20)28(29-24)39-17-25(34)38-18-33-26(35)22-9-5-6-10-23(22)30-31-33/h2-15H,16-18H2,1H3. The molecule has 1 aliphatic heterocycles. The van der Waals surface area contributed by atoms with E-state index in [4.69, 9.17) is 9.47 Å². The number of amides is 1. The van der Waals surface area contributed by atoms with Crippen LogP contribution in [-0.4, -0.2) is 49.8 Å². The van der Waals surface area contributed by atoms with E-state index in [0.29, 0.717) is 28.4 Å². The zero-order valence-electron chi connectivity index (χ0n) is 20.9. The van der Waals surface area contributed by atoms with Crippen LogP contribution in [0, 0.1) is 0 Å². The van der Waals surface area contributed by atoms with E-state index in [-0.39, 0.29) is 24.1 Å². The van der Waals surface area contributed by atoms with E-state index in [2.05, 4.69) is 15.3 Å². The highest BCUT2D eigenvalue weighted by Crippen LogP contribution is 2.26. The molecule has 1 amide bonds. The molecule has 10 nitrogen and oxygen atoms in total. The van der Waals surface area contributed by atoms with Crippen LogP contribution in [0.4, 0.5) is 0 Å². The molecule has 0 aliphatic carbocycles. The minimum atomic E-state index is -0.593. The Morgan fingerprint density at radius 1 is 0.974 bits per heavy atom. The highest BCUT2D eigenvalue weighted by Gasteiger charge is 2.31. The Morgan fingerprint density at radius 2 is 1.72 bits per heavy atom. The van der Waals surface area contributed by atoms with Crippen molar-refractivity contribution in [2.24, 2.45) is 4.99 Å². The summed E-state index contributed by atoms with van der Waals surface area (Å²) in [6.45, 7) is -0.0829. The highest BCUT2D eigenvalue weighted by molar-refractivity contribution is 8.14. The van der Waals surface area contributed by atoms with Crippen LogP contribution in [-0.2, 0) is 27.6 Å². The summed E-state index contributed by atoms with van der Waals surface area (Å²) in [6.07, 6.45) is 1.69. The van der Waals surface area contributed by atoms with Crippen LogP contribution in [0.2, 0.25) is 0 Å². The van der Waals surface area contributed by atoms with Gasteiger partial charge in [-0.05, 0) is 41.5 Å². The molecule has 0 atom stereocenters. The lowest BCUT2D eigenvalue weighted by molar-refractivity contribution is -0.144. The van der Waals surface area contributed by atoms with E-state index < -0.39 is 11.5 Å². The molecule has 1 aliphatic rings. The van der Waals surface area contributed by atoms with Gasteiger partial charge in [0.25, 0.3) is 11.5 Å². The number of rotatable bonds is 8. The quantitative estimate of drug-likeness (QED) is 0.246. The Bertz CT molecular complexity index is 1630. The molecular formula is C28H23N5O5S. The Morgan fingerprint density at radius 3 is 2.49 bits per heavy atom. The zero-order valence-corrected chi connectivity index (χ0v) is 21.7. The Labute approximate surface area is 227 Å². The van der Waals surface area contributed by atoms with Crippen LogP contribution in [0.5, 0.6) is 5.75 Å². The van der Waals surface area contributed by atoms with Crippen molar-refractivity contribution in [3.05, 3.63) is 106 Å². The third-order valence-electron chi connectivity index (χ3n) is 5.81. The molecule has 0 radical (unpaired) electrons. The molecule has 4 aromatic rings. The fraction of sp³-hybridized carbons (Fsp3) is 0.143. The summed E-state index contributed by atoms with van der Waals surface area (Å²) in [5, 5.41) is 8.56. The first-order valence-corrected chi connectivity index (χ1v) is 12.9. The number of esters is 1. The summed E-state index contributed by atoms with van der Waals surface area (Å²) in [5.74, 6) is -0.285. The minimum absolute atomic E-state index is 0.122. The van der Waals surface area contributed by atoms with Crippen molar-refractivity contribution in [3.63, 3.8) is 0 Å². The number of thioether (sulfide) groups is 1. The van der Waals surface area contributed by atoms with Crippen molar-refractivity contribution in [2.45, 2.75) is 13.3 Å². The van der Waals surface area contributed by atoms with E-state index in [0.717, 1.165) is 27.6 Å². The van der Waals surface area contributed by atoms with Crippen LogP contribution in [0.1, 0.15) is 11.1 Å². The van der Waals surface area contributed by atoms with E-state index in [1.54, 1.807) is 49.6 Å². The second-order valence-electron chi connectivity index (χ2n) is 8.42. The van der Waals surface area contributed by atoms with Gasteiger partial charge in [0, 0.05) is 0 Å². The molecule has 0 spiro atoms. The number of hydrogen-bond donors (Lipinski definition) is 0. The normalized spacial score (nSPS) is 14.1. The largest absolute Gasteiger partial charge is 0.497 e. The third kappa shape index (κ3) is 6.04. The number of aromatic nitrogens is 3. The third-order valence-corrected chi connectivity index (χ3v) is 6.76. The van der Waals surface area contributed by atoms with Crippen LogP contribution in [0.25, 0.3) is 17.0 Å². The van der Waals surface area contributed by atoms with Gasteiger partial charge in [-0.1, -0.05) is 71.6 Å². The van der Waals surface area contributed by atoms with Gasteiger partial charge >= 0.3 is 5.97 Å². The molecule has 0 N–H and O–H groups in total. The lowest BCUT2D eigenvalue weighted by Gasteiger charge is -2.17. The van der Waals surface area contributed by atoms with E-state index in [1.807, 2.05) is 42.5 Å². The first-order chi connectivity index (χ1) is 19.0. The number of carbonyl (C=O) groups excluding carboxylic acids is 2. The second-order valence-corrected chi connectivity index (χ2v) is 9.36. The maximum Gasteiger partial charge on any atom is 0.318 e. The maximum absolute atomic E-state index is 13.3. The molecule has 196 valence electrons. The van der Waals surface area contributed by atoms with Gasteiger partial charge in [0.1, 0.15) is 17.0 Å². The topological polar surface area (TPSA) is 116 Å². The summed E-state index contributed by atoms with van der Waals surface area (Å²) >= 11 is 1.08. The number of methoxy groups -OCH3 is 1. The zero-order chi connectivity index (χ0) is 27.2. The summed E-state index contributed by atoms with van der Waals surface area (Å²) in [7, 11) is 1.59. The molecule has 0 fully saturated rings. The predicted molar refractivity (Wildman–Crippen MR) is 148 cm³/mol. The maximum atomic E-state index is 13.3. The number of aliphatic imine (C=N–C) groups is 1. The lowest BCUT2D eigenvalue weighted by Crippen LogP contribution is -2.31. The first kappa shape index (κ1) is 25.9. The van der Waals surface area contributed by atoms with E-state index >= 15 is 0 Å². The van der Waals surface area contributed by atoms with Gasteiger partial charge in [-0.2, -0.15) is 4.68 Å². The highest BCUT2D eigenvalue weighted by atomic mass is 32.2. The van der Waals surface area contributed by atoms with E-state index in [9.17, 15) is 14.4 Å². The molecule has 1 aromatic heterocycles. The molecule has 2 heterocycles. The van der Waals surface area contributed by atoms with Crippen LogP contribution in [0.15, 0.2) is 94.3 Å². The minimum Gasteiger partial charge on any atom is -0.497 e. The van der Waals surface area contributed by atoms with Crippen molar-refractivity contribution in [2.75, 3.05) is 12.9 Å². The lowest BCUT2D eigenvalue weighted by atomic mass is 10.1. The average Bonchev–Trinajstić information content (AvgIpc) is 3.26. The molecule has 0 bridgehead atoms. The van der Waals surface area contributed by atoms with Crippen molar-refractivity contribution in [1.29, 1.82) is 0 Å². The SMILES string of the molecule is COc1ccc(C=C2N=C(SCC(=O)OCn3nnc4ccccc4c3=O)N(Cc3ccccc3)C2=O)cc1. The summed E-state index contributed by atoms with van der Waals surface area (Å²) in [6, 6.07) is 23.6. The molecule has 0 unspecified atom stereocenters. The molecule has 0 saturated heterocycles. The molecule has 3 aromatic carbocycles. The van der Waals surface area contributed by atoms with Gasteiger partial charge in [-0.3, -0.25) is 19.3 Å². The summed E-state index contributed by atoms with van der Waals surface area (Å²) in [4.78, 5) is 44.4. The van der Waals surface area contributed by atoms with Crippen molar-refractivity contribution in [1.82, 2.24) is 19.9 Å². The van der Waals surface area contributed by atoms with Gasteiger partial charge in [-0.15, -0.1) is 5.10 Å². The van der Waals surface area contributed by atoms with Crippen molar-refractivity contribution >= 4 is 45.8 Å². The molecule has 0 saturated carbocycles. The second kappa shape index (κ2) is 11.7. The smallest absolute Gasteiger partial charge is 0.318 e. The number of carbonyl (C=O) groups is 2. The Balaban J connectivity index is 1.29. The fourth-order valence-corrected chi connectivity index (χ4v) is 4.61. The molecular weight excluding hydrogens is 518 g/mol. The number of ether oxygens (including phenoxy) is 2. The Kier molecular flexibility index (Phi) is 7.78. The number of fused-ring (bicyclic) bond motifs is 1. The average molecular weight is 542 g/mol. The van der Waals surface area contributed by atoms with Crippen LogP contribution in [0.3, 0.4) is 0 Å². The Hall–Kier alpha value is -4.77. The van der Waals surface area contributed by atoms with Crippen molar-refractivity contribution in [3.8, 4) is 5.75 Å². The number of hydrogen-bond acceptors (Lipinski definition) is 9. The van der Waals surface area contributed by atoms with E-state index in [1.165, 1.54) is 4.90 Å².